The maximum Gasteiger partial charge on any atom is 0.253 e. The molecule has 1 atom stereocenters. The van der Waals surface area contributed by atoms with E-state index in [1.165, 1.54) is 0 Å². The van der Waals surface area contributed by atoms with Crippen LogP contribution < -0.4 is 20.3 Å². The molecular formula is C24H30BrN3O4. The van der Waals surface area contributed by atoms with Gasteiger partial charge in [0.05, 0.1) is 4.47 Å². The van der Waals surface area contributed by atoms with Crippen LogP contribution in [0.2, 0.25) is 0 Å². The van der Waals surface area contributed by atoms with Crippen LogP contribution >= 0.6 is 15.9 Å². The van der Waals surface area contributed by atoms with Gasteiger partial charge in [-0.3, -0.25) is 9.59 Å². The first-order chi connectivity index (χ1) is 14.9. The van der Waals surface area contributed by atoms with Crippen LogP contribution in [-0.2, 0) is 6.54 Å². The number of hydrogen-bond acceptors (Lipinski definition) is 5. The molecule has 1 aromatic heterocycles. The lowest BCUT2D eigenvalue weighted by molar-refractivity contribution is -0.0688. The third kappa shape index (κ3) is 4.85. The predicted octanol–water partition coefficient (Wildman–Crippen LogP) is 4.34. The first-order valence-corrected chi connectivity index (χ1v) is 11.2. The summed E-state index contributed by atoms with van der Waals surface area (Å²) in [6, 6.07) is 3.61. The molecule has 7 nitrogen and oxygen atoms in total. The quantitative estimate of drug-likeness (QED) is 0.587. The van der Waals surface area contributed by atoms with Crippen molar-refractivity contribution in [2.45, 2.75) is 52.9 Å². The summed E-state index contributed by atoms with van der Waals surface area (Å²) < 4.78 is 13.0. The van der Waals surface area contributed by atoms with Crippen molar-refractivity contribution in [2.24, 2.45) is 0 Å². The average Bonchev–Trinajstić information content (AvgIpc) is 3.06. The highest BCUT2D eigenvalue weighted by Crippen LogP contribution is 2.49. The molecule has 3 rings (SSSR count). The third-order valence-electron chi connectivity index (χ3n) is 5.74. The van der Waals surface area contributed by atoms with Gasteiger partial charge >= 0.3 is 0 Å². The Kier molecular flexibility index (Phi) is 6.74. The molecule has 2 aromatic rings. The highest BCUT2D eigenvalue weighted by atomic mass is 79.9. The second kappa shape index (κ2) is 9.02. The summed E-state index contributed by atoms with van der Waals surface area (Å²) in [6.07, 6.45) is 1.33. The zero-order valence-electron chi connectivity index (χ0n) is 19.4. The van der Waals surface area contributed by atoms with E-state index in [0.717, 1.165) is 17.0 Å². The minimum Gasteiger partial charge on any atom is -0.448 e. The number of amides is 1. The lowest BCUT2D eigenvalue weighted by Crippen LogP contribution is -2.35. The van der Waals surface area contributed by atoms with Gasteiger partial charge in [0.15, 0.2) is 11.5 Å². The molecule has 0 saturated carbocycles. The lowest BCUT2D eigenvalue weighted by atomic mass is 10.1. The number of nitrogens with zero attached hydrogens (tertiary/aromatic N) is 1. The van der Waals surface area contributed by atoms with Gasteiger partial charge in [0.25, 0.3) is 11.5 Å². The molecule has 0 bridgehead atoms. The second-order valence-electron chi connectivity index (χ2n) is 8.61. The fraction of sp³-hybridized carbons (Fsp3) is 0.417. The number of aromatic nitrogens is 1. The molecule has 8 heteroatoms. The molecule has 172 valence electrons. The lowest BCUT2D eigenvalue weighted by Gasteiger charge is -2.25. The molecular weight excluding hydrogens is 474 g/mol. The van der Waals surface area contributed by atoms with Crippen molar-refractivity contribution < 1.29 is 14.3 Å². The Bertz CT molecular complexity index is 1140. The fourth-order valence-corrected chi connectivity index (χ4v) is 4.16. The van der Waals surface area contributed by atoms with Gasteiger partial charge in [-0.05, 0) is 60.8 Å². The number of H-pyrrole nitrogens is 1. The molecule has 0 spiro atoms. The summed E-state index contributed by atoms with van der Waals surface area (Å²) in [4.78, 5) is 30.0. The Morgan fingerprint density at radius 2 is 1.88 bits per heavy atom. The van der Waals surface area contributed by atoms with Gasteiger partial charge in [-0.1, -0.05) is 6.58 Å². The molecule has 0 fully saturated rings. The van der Waals surface area contributed by atoms with E-state index in [1.807, 2.05) is 52.8 Å². The van der Waals surface area contributed by atoms with Crippen molar-refractivity contribution in [3.05, 3.63) is 67.2 Å². The number of aryl methyl sites for hydroxylation is 2. The minimum absolute atomic E-state index is 0.135. The van der Waals surface area contributed by atoms with Crippen molar-refractivity contribution in [1.82, 2.24) is 15.2 Å². The van der Waals surface area contributed by atoms with Crippen LogP contribution in [0.1, 0.15) is 52.5 Å². The molecule has 2 heterocycles. The highest BCUT2D eigenvalue weighted by molar-refractivity contribution is 9.10. The molecule has 1 amide bonds. The fourth-order valence-electron chi connectivity index (χ4n) is 3.67. The van der Waals surface area contributed by atoms with E-state index in [1.54, 1.807) is 6.07 Å². The highest BCUT2D eigenvalue weighted by Gasteiger charge is 2.40. The standard InChI is InChI=1S/C24H30BrN3O4/c1-13-10-14(2)27-23(30)18(13)12-26-22(29)17-11-19(25)21-20(16(17)4)31-24(5,32-21)9-8-15(3)28(6)7/h10-11H,3,8-9,12H2,1-2,4-7H3,(H,26,29)(H,27,30). The maximum absolute atomic E-state index is 13.0. The monoisotopic (exact) mass is 503 g/mol. The molecule has 0 aliphatic carbocycles. The zero-order valence-corrected chi connectivity index (χ0v) is 21.0. The molecule has 32 heavy (non-hydrogen) atoms. The van der Waals surface area contributed by atoms with Gasteiger partial charge in [-0.2, -0.15) is 0 Å². The van der Waals surface area contributed by atoms with E-state index >= 15 is 0 Å². The van der Waals surface area contributed by atoms with Crippen molar-refractivity contribution in [3.8, 4) is 11.5 Å². The normalized spacial score (nSPS) is 16.7. The zero-order chi connectivity index (χ0) is 23.8. The first-order valence-electron chi connectivity index (χ1n) is 10.5. The van der Waals surface area contributed by atoms with Crippen molar-refractivity contribution in [1.29, 1.82) is 0 Å². The minimum atomic E-state index is -0.851. The Morgan fingerprint density at radius 1 is 1.22 bits per heavy atom. The molecule has 1 aromatic carbocycles. The number of aromatic amines is 1. The number of ether oxygens (including phenoxy) is 2. The summed E-state index contributed by atoms with van der Waals surface area (Å²) in [5.41, 5.74) is 4.09. The maximum atomic E-state index is 13.0. The topological polar surface area (TPSA) is 83.7 Å². The van der Waals surface area contributed by atoms with Crippen LogP contribution in [0.25, 0.3) is 0 Å². The Labute approximate surface area is 196 Å². The number of hydrogen-bond donors (Lipinski definition) is 2. The Balaban J connectivity index is 1.79. The van der Waals surface area contributed by atoms with Gasteiger partial charge in [0.2, 0.25) is 5.79 Å². The van der Waals surface area contributed by atoms with E-state index in [9.17, 15) is 9.59 Å². The summed E-state index contributed by atoms with van der Waals surface area (Å²) in [6.45, 7) is 11.6. The number of nitrogens with one attached hydrogen (secondary N) is 2. The molecule has 2 N–H and O–H groups in total. The number of halogens is 1. The number of fused-ring (bicyclic) bond motifs is 1. The van der Waals surface area contributed by atoms with Gasteiger partial charge in [-0.25, -0.2) is 0 Å². The van der Waals surface area contributed by atoms with E-state index < -0.39 is 5.79 Å². The summed E-state index contributed by atoms with van der Waals surface area (Å²) in [5.74, 6) is -0.00562. The number of rotatable bonds is 7. The van der Waals surface area contributed by atoms with Crippen LogP contribution in [0.3, 0.4) is 0 Å². The van der Waals surface area contributed by atoms with Crippen LogP contribution in [-0.4, -0.2) is 35.7 Å². The van der Waals surface area contributed by atoms with Crippen LogP contribution in [0.5, 0.6) is 11.5 Å². The van der Waals surface area contributed by atoms with Crippen LogP contribution in [0, 0.1) is 20.8 Å². The number of pyridine rings is 1. The van der Waals surface area contributed by atoms with Gasteiger partial charge in [0, 0.05) is 62.1 Å². The smallest absolute Gasteiger partial charge is 0.253 e. The van der Waals surface area contributed by atoms with E-state index in [2.05, 4.69) is 32.8 Å². The number of carbonyl (C=O) groups is 1. The van der Waals surface area contributed by atoms with Crippen molar-refractivity contribution in [2.75, 3.05) is 14.1 Å². The first kappa shape index (κ1) is 23.9. The summed E-state index contributed by atoms with van der Waals surface area (Å²) in [7, 11) is 3.90. The SMILES string of the molecule is C=C(CCC1(C)Oc2c(Br)cc(C(=O)NCc3c(C)cc(C)[nH]c3=O)c(C)c2O1)N(C)C. The van der Waals surface area contributed by atoms with Crippen LogP contribution in [0.15, 0.2) is 33.7 Å². The number of allylic oxidation sites excluding steroid dienone is 1. The predicted molar refractivity (Wildman–Crippen MR) is 128 cm³/mol. The average molecular weight is 504 g/mol. The largest absolute Gasteiger partial charge is 0.448 e. The van der Waals surface area contributed by atoms with Crippen molar-refractivity contribution in [3.63, 3.8) is 0 Å². The molecule has 1 aliphatic heterocycles. The number of benzene rings is 1. The van der Waals surface area contributed by atoms with Crippen molar-refractivity contribution >= 4 is 21.8 Å². The van der Waals surface area contributed by atoms with E-state index in [4.69, 9.17) is 9.47 Å². The summed E-state index contributed by atoms with van der Waals surface area (Å²) in [5, 5.41) is 2.86. The Hall–Kier alpha value is -2.74. The van der Waals surface area contributed by atoms with Crippen LogP contribution in [0.4, 0.5) is 0 Å². The molecule has 1 aliphatic rings. The third-order valence-corrected chi connectivity index (χ3v) is 6.33. The van der Waals surface area contributed by atoms with Gasteiger partial charge < -0.3 is 24.7 Å². The van der Waals surface area contributed by atoms with Gasteiger partial charge in [0.1, 0.15) is 0 Å². The van der Waals surface area contributed by atoms with E-state index in [0.29, 0.717) is 45.5 Å². The molecule has 1 unspecified atom stereocenters. The number of carbonyl (C=O) groups excluding carboxylic acids is 1. The second-order valence-corrected chi connectivity index (χ2v) is 9.47. The Morgan fingerprint density at radius 3 is 2.50 bits per heavy atom. The van der Waals surface area contributed by atoms with Gasteiger partial charge in [-0.15, -0.1) is 0 Å². The molecule has 0 radical (unpaired) electrons. The summed E-state index contributed by atoms with van der Waals surface area (Å²) >= 11 is 3.52. The van der Waals surface area contributed by atoms with E-state index in [-0.39, 0.29) is 18.0 Å². The molecule has 0 saturated heterocycles.